The molecule has 0 spiro atoms. The third kappa shape index (κ3) is 1.51. The number of rotatable bonds is 1. The average Bonchev–Trinajstić information content (AvgIpc) is 2.66. The van der Waals surface area contributed by atoms with Gasteiger partial charge in [0, 0.05) is 11.5 Å². The highest BCUT2D eigenvalue weighted by atomic mass is 35.5. The van der Waals surface area contributed by atoms with Gasteiger partial charge in [-0.2, -0.15) is 0 Å². The summed E-state index contributed by atoms with van der Waals surface area (Å²) in [6.07, 6.45) is 0.729. The van der Waals surface area contributed by atoms with E-state index < -0.39 is 4.33 Å². The Bertz CT molecular complexity index is 347. The third-order valence-corrected chi connectivity index (χ3v) is 3.31. The fourth-order valence-electron chi connectivity index (χ4n) is 1.51. The van der Waals surface area contributed by atoms with Crippen LogP contribution in [0.4, 0.5) is 0 Å². The molecule has 0 aromatic heterocycles. The van der Waals surface area contributed by atoms with E-state index in [1.54, 1.807) is 0 Å². The first-order valence-corrected chi connectivity index (χ1v) is 4.94. The zero-order valence-electron chi connectivity index (χ0n) is 7.22. The van der Waals surface area contributed by atoms with Crippen LogP contribution < -0.4 is 0 Å². The molecule has 0 amide bonds. The van der Waals surface area contributed by atoms with Crippen molar-refractivity contribution in [3.05, 3.63) is 29.3 Å². The zero-order chi connectivity index (χ0) is 9.64. The van der Waals surface area contributed by atoms with Gasteiger partial charge in [-0.3, -0.25) is 0 Å². The summed E-state index contributed by atoms with van der Waals surface area (Å²) in [4.78, 5) is 0. The number of hydrogen-bond acceptors (Lipinski definition) is 1. The molecule has 0 aliphatic heterocycles. The molecule has 1 aromatic carbocycles. The smallest absolute Gasteiger partial charge is 0.126 e. The number of aromatic hydroxyl groups is 1. The van der Waals surface area contributed by atoms with Crippen LogP contribution in [-0.2, 0) is 0 Å². The van der Waals surface area contributed by atoms with E-state index in [4.69, 9.17) is 23.2 Å². The van der Waals surface area contributed by atoms with E-state index in [2.05, 4.69) is 0 Å². The molecule has 0 heterocycles. The molecule has 1 N–H and O–H groups in total. The van der Waals surface area contributed by atoms with Gasteiger partial charge >= 0.3 is 0 Å². The van der Waals surface area contributed by atoms with Gasteiger partial charge in [0.05, 0.1) is 0 Å². The first-order chi connectivity index (χ1) is 6.02. The van der Waals surface area contributed by atoms with Gasteiger partial charge in [0.25, 0.3) is 0 Å². The van der Waals surface area contributed by atoms with Gasteiger partial charge in [-0.1, -0.05) is 18.2 Å². The summed E-state index contributed by atoms with van der Waals surface area (Å²) >= 11 is 11.8. The summed E-state index contributed by atoms with van der Waals surface area (Å²) in [5, 5.41) is 9.72. The maximum atomic E-state index is 9.72. The fourth-order valence-corrected chi connectivity index (χ4v) is 2.06. The lowest BCUT2D eigenvalue weighted by Crippen LogP contribution is -1.91. The van der Waals surface area contributed by atoms with Crippen LogP contribution in [-0.4, -0.2) is 9.44 Å². The molecule has 1 atom stereocenters. The highest BCUT2D eigenvalue weighted by molar-refractivity contribution is 6.51. The van der Waals surface area contributed by atoms with Gasteiger partial charge < -0.3 is 5.11 Å². The SMILES string of the molecule is Cc1cccc(C2CC2(Cl)Cl)c1O. The van der Waals surface area contributed by atoms with Crippen molar-refractivity contribution < 1.29 is 5.11 Å². The minimum absolute atomic E-state index is 0.0933. The molecule has 1 unspecified atom stereocenters. The molecule has 1 aliphatic rings. The second-order valence-electron chi connectivity index (χ2n) is 3.53. The maximum absolute atomic E-state index is 9.72. The zero-order valence-corrected chi connectivity index (χ0v) is 8.73. The van der Waals surface area contributed by atoms with Gasteiger partial charge in [-0.25, -0.2) is 0 Å². The van der Waals surface area contributed by atoms with Gasteiger partial charge in [0.15, 0.2) is 0 Å². The summed E-state index contributed by atoms with van der Waals surface area (Å²) < 4.78 is -0.661. The molecular formula is C10H10Cl2O. The monoisotopic (exact) mass is 216 g/mol. The van der Waals surface area contributed by atoms with E-state index in [-0.39, 0.29) is 5.92 Å². The van der Waals surface area contributed by atoms with Crippen molar-refractivity contribution >= 4 is 23.2 Å². The Morgan fingerprint density at radius 3 is 2.62 bits per heavy atom. The van der Waals surface area contributed by atoms with Crippen molar-refractivity contribution in [1.82, 2.24) is 0 Å². The molecule has 1 fully saturated rings. The first-order valence-electron chi connectivity index (χ1n) is 4.18. The predicted molar refractivity (Wildman–Crippen MR) is 54.6 cm³/mol. The third-order valence-electron chi connectivity index (χ3n) is 2.47. The summed E-state index contributed by atoms with van der Waals surface area (Å²) in [5.74, 6) is 0.423. The normalized spacial score (nSPS) is 24.4. The highest BCUT2D eigenvalue weighted by Gasteiger charge is 2.53. The van der Waals surface area contributed by atoms with Gasteiger partial charge in [0.2, 0.25) is 0 Å². The van der Waals surface area contributed by atoms with E-state index in [9.17, 15) is 5.11 Å². The molecule has 13 heavy (non-hydrogen) atoms. The Labute approximate surface area is 87.3 Å². The standard InChI is InChI=1S/C10H10Cl2O/c1-6-3-2-4-7(9(6)13)8-5-10(8,11)12/h2-4,8,13H,5H2,1H3. The molecule has 1 aliphatic carbocycles. The molecule has 1 nitrogen and oxygen atoms in total. The van der Waals surface area contributed by atoms with E-state index in [0.29, 0.717) is 5.75 Å². The van der Waals surface area contributed by atoms with Crippen LogP contribution >= 0.6 is 23.2 Å². The lowest BCUT2D eigenvalue weighted by molar-refractivity contribution is 0.464. The molecule has 0 saturated heterocycles. The second kappa shape index (κ2) is 2.79. The molecule has 1 saturated carbocycles. The minimum atomic E-state index is -0.661. The van der Waals surface area contributed by atoms with E-state index in [1.165, 1.54) is 0 Å². The Balaban J connectivity index is 2.38. The Kier molecular flexibility index (Phi) is 1.97. The topological polar surface area (TPSA) is 20.2 Å². The molecule has 2 rings (SSSR count). The largest absolute Gasteiger partial charge is 0.507 e. The second-order valence-corrected chi connectivity index (χ2v) is 5.07. The summed E-state index contributed by atoms with van der Waals surface area (Å²) in [6, 6.07) is 5.65. The number of alkyl halides is 2. The summed E-state index contributed by atoms with van der Waals surface area (Å²) in [5.41, 5.74) is 1.73. The van der Waals surface area contributed by atoms with Gasteiger partial charge in [-0.05, 0) is 18.9 Å². The number of para-hydroxylation sites is 1. The van der Waals surface area contributed by atoms with E-state index in [0.717, 1.165) is 17.5 Å². The summed E-state index contributed by atoms with van der Waals surface area (Å²) in [7, 11) is 0. The van der Waals surface area contributed by atoms with Crippen LogP contribution in [0.25, 0.3) is 0 Å². The number of aryl methyl sites for hydroxylation is 1. The van der Waals surface area contributed by atoms with Crippen molar-refractivity contribution in [3.8, 4) is 5.75 Å². The van der Waals surface area contributed by atoms with Crippen molar-refractivity contribution in [2.45, 2.75) is 23.6 Å². The maximum Gasteiger partial charge on any atom is 0.126 e. The minimum Gasteiger partial charge on any atom is -0.507 e. The molecular weight excluding hydrogens is 207 g/mol. The Hall–Kier alpha value is -0.400. The molecule has 0 bridgehead atoms. The van der Waals surface area contributed by atoms with E-state index >= 15 is 0 Å². The van der Waals surface area contributed by atoms with Crippen LogP contribution in [0, 0.1) is 6.92 Å². The predicted octanol–water partition coefficient (Wildman–Crippen LogP) is 3.36. The lowest BCUT2D eigenvalue weighted by Gasteiger charge is -2.06. The summed E-state index contributed by atoms with van der Waals surface area (Å²) in [6.45, 7) is 1.87. The van der Waals surface area contributed by atoms with E-state index in [1.807, 2.05) is 25.1 Å². The van der Waals surface area contributed by atoms with Gasteiger partial charge in [0.1, 0.15) is 10.1 Å². The number of hydrogen-bond donors (Lipinski definition) is 1. The van der Waals surface area contributed by atoms with Crippen molar-refractivity contribution in [1.29, 1.82) is 0 Å². The average molecular weight is 217 g/mol. The molecule has 70 valence electrons. The van der Waals surface area contributed by atoms with Crippen LogP contribution in [0.15, 0.2) is 18.2 Å². The number of halogens is 2. The quantitative estimate of drug-likeness (QED) is 0.715. The molecule has 1 aromatic rings. The van der Waals surface area contributed by atoms with Crippen molar-refractivity contribution in [2.24, 2.45) is 0 Å². The van der Waals surface area contributed by atoms with Crippen LogP contribution in [0.3, 0.4) is 0 Å². The highest BCUT2D eigenvalue weighted by Crippen LogP contribution is 2.61. The molecule has 3 heteroatoms. The van der Waals surface area contributed by atoms with Crippen molar-refractivity contribution in [2.75, 3.05) is 0 Å². The van der Waals surface area contributed by atoms with Gasteiger partial charge in [-0.15, -0.1) is 23.2 Å². The van der Waals surface area contributed by atoms with Crippen LogP contribution in [0.2, 0.25) is 0 Å². The first kappa shape index (κ1) is 9.17. The molecule has 0 radical (unpaired) electrons. The lowest BCUT2D eigenvalue weighted by atomic mass is 10.1. The number of phenolic OH excluding ortho intramolecular Hbond substituents is 1. The Morgan fingerprint density at radius 1 is 1.46 bits per heavy atom. The van der Waals surface area contributed by atoms with Crippen LogP contribution in [0.5, 0.6) is 5.75 Å². The van der Waals surface area contributed by atoms with Crippen molar-refractivity contribution in [3.63, 3.8) is 0 Å². The number of benzene rings is 1. The fraction of sp³-hybridized carbons (Fsp3) is 0.400. The number of phenols is 1. The van der Waals surface area contributed by atoms with Crippen LogP contribution in [0.1, 0.15) is 23.5 Å². The Morgan fingerprint density at radius 2 is 2.08 bits per heavy atom.